The van der Waals surface area contributed by atoms with Crippen molar-refractivity contribution in [3.8, 4) is 5.75 Å². The third-order valence-electron chi connectivity index (χ3n) is 7.04. The van der Waals surface area contributed by atoms with Crippen LogP contribution in [0.4, 0.5) is 23.1 Å². The molecule has 2 N–H and O–H groups in total. The van der Waals surface area contributed by atoms with E-state index in [0.717, 1.165) is 55.0 Å². The molecule has 3 aliphatic rings. The summed E-state index contributed by atoms with van der Waals surface area (Å²) in [5, 5.41) is 13.2. The van der Waals surface area contributed by atoms with Crippen LogP contribution in [0.3, 0.4) is 0 Å². The maximum atomic E-state index is 11.5. The van der Waals surface area contributed by atoms with Gasteiger partial charge < -0.3 is 25.0 Å². The van der Waals surface area contributed by atoms with E-state index in [4.69, 9.17) is 21.3 Å². The molecule has 1 aliphatic carbocycles. The van der Waals surface area contributed by atoms with E-state index >= 15 is 0 Å². The standard InChI is InChI=1S/C27H28ClN5O3/c1-32-9-8-16-11-24(36-19-6-7-19)22(10-17(16)14-32)30-27-29-13-21(28)26(31-27)33-15-18(12-25(34)35)20-4-2-3-5-23(20)33/h2-5,10-11,13,18-19H,6-9,12,14-15H2,1H3,(H,34,35)(H,29,30,31). The second-order valence-electron chi connectivity index (χ2n) is 9.88. The number of nitrogens with zero attached hydrogens (tertiary/aromatic N) is 4. The number of aromatic nitrogens is 2. The summed E-state index contributed by atoms with van der Waals surface area (Å²) >= 11 is 6.58. The Labute approximate surface area is 214 Å². The van der Waals surface area contributed by atoms with Crippen molar-refractivity contribution >= 4 is 40.7 Å². The fourth-order valence-electron chi connectivity index (χ4n) is 5.10. The van der Waals surface area contributed by atoms with Gasteiger partial charge >= 0.3 is 5.97 Å². The van der Waals surface area contributed by atoms with Crippen molar-refractivity contribution in [1.82, 2.24) is 14.9 Å². The van der Waals surface area contributed by atoms with E-state index < -0.39 is 5.97 Å². The number of hydrogen-bond donors (Lipinski definition) is 2. The summed E-state index contributed by atoms with van der Waals surface area (Å²) in [6.07, 6.45) is 5.06. The Morgan fingerprint density at radius 1 is 1.25 bits per heavy atom. The maximum absolute atomic E-state index is 11.5. The van der Waals surface area contributed by atoms with Crippen LogP contribution in [0.1, 0.15) is 41.9 Å². The van der Waals surface area contributed by atoms with Gasteiger partial charge in [-0.25, -0.2) is 4.98 Å². The van der Waals surface area contributed by atoms with Crippen LogP contribution in [0.2, 0.25) is 5.02 Å². The van der Waals surface area contributed by atoms with Crippen LogP contribution in [-0.2, 0) is 17.8 Å². The zero-order valence-corrected chi connectivity index (χ0v) is 20.8. The molecule has 1 aromatic heterocycles. The summed E-state index contributed by atoms with van der Waals surface area (Å²) in [5.41, 5.74) is 5.35. The summed E-state index contributed by atoms with van der Waals surface area (Å²) in [6.45, 7) is 2.41. The topological polar surface area (TPSA) is 90.8 Å². The summed E-state index contributed by atoms with van der Waals surface area (Å²) in [6, 6.07) is 12.1. The number of likely N-dealkylation sites (N-methyl/N-ethyl adjacent to an activating group) is 1. The number of benzene rings is 2. The highest BCUT2D eigenvalue weighted by molar-refractivity contribution is 6.33. The molecule has 3 aromatic rings. The number of halogens is 1. The molecule has 1 unspecified atom stereocenters. The largest absolute Gasteiger partial charge is 0.488 e. The molecule has 9 heteroatoms. The van der Waals surface area contributed by atoms with E-state index in [1.54, 1.807) is 6.20 Å². The van der Waals surface area contributed by atoms with Gasteiger partial charge in [0, 0.05) is 31.2 Å². The number of carboxylic acids is 1. The molecule has 0 radical (unpaired) electrons. The van der Waals surface area contributed by atoms with Gasteiger partial charge in [0.2, 0.25) is 5.95 Å². The molecular formula is C27H28ClN5O3. The van der Waals surface area contributed by atoms with E-state index in [1.165, 1.54) is 11.1 Å². The first-order valence-corrected chi connectivity index (χ1v) is 12.7. The van der Waals surface area contributed by atoms with Crippen LogP contribution >= 0.6 is 11.6 Å². The van der Waals surface area contributed by atoms with Crippen molar-refractivity contribution in [3.05, 3.63) is 64.3 Å². The zero-order valence-electron chi connectivity index (χ0n) is 20.1. The van der Waals surface area contributed by atoms with Crippen LogP contribution in [0.5, 0.6) is 5.75 Å². The smallest absolute Gasteiger partial charge is 0.304 e. The number of carbonyl (C=O) groups is 1. The molecular weight excluding hydrogens is 478 g/mol. The van der Waals surface area contributed by atoms with Crippen LogP contribution < -0.4 is 15.0 Å². The second-order valence-corrected chi connectivity index (χ2v) is 10.3. The van der Waals surface area contributed by atoms with E-state index in [0.29, 0.717) is 23.3 Å². The van der Waals surface area contributed by atoms with Gasteiger partial charge in [-0.2, -0.15) is 4.98 Å². The lowest BCUT2D eigenvalue weighted by atomic mass is 9.98. The van der Waals surface area contributed by atoms with Gasteiger partial charge in [0.05, 0.1) is 24.4 Å². The van der Waals surface area contributed by atoms with Gasteiger partial charge in [0.1, 0.15) is 10.8 Å². The van der Waals surface area contributed by atoms with Crippen LogP contribution in [-0.4, -0.2) is 52.2 Å². The lowest BCUT2D eigenvalue weighted by Crippen LogP contribution is -2.26. The third-order valence-corrected chi connectivity index (χ3v) is 7.31. The molecule has 1 fully saturated rings. The van der Waals surface area contributed by atoms with Crippen molar-refractivity contribution in [2.45, 2.75) is 44.2 Å². The highest BCUT2D eigenvalue weighted by Crippen LogP contribution is 2.44. The normalized spacial score (nSPS) is 19.1. The quantitative estimate of drug-likeness (QED) is 0.457. The lowest BCUT2D eigenvalue weighted by Gasteiger charge is -2.27. The Balaban J connectivity index is 1.33. The fraction of sp³-hybridized carbons (Fsp3) is 0.370. The molecule has 8 nitrogen and oxygen atoms in total. The molecule has 1 saturated carbocycles. The van der Waals surface area contributed by atoms with E-state index in [9.17, 15) is 9.90 Å². The average molecular weight is 506 g/mol. The van der Waals surface area contributed by atoms with Gasteiger partial charge in [-0.15, -0.1) is 0 Å². The minimum Gasteiger partial charge on any atom is -0.488 e. The number of nitrogens with one attached hydrogen (secondary N) is 1. The van der Waals surface area contributed by atoms with Crippen LogP contribution in [0.15, 0.2) is 42.6 Å². The maximum Gasteiger partial charge on any atom is 0.304 e. The van der Waals surface area contributed by atoms with Crippen molar-refractivity contribution in [3.63, 3.8) is 0 Å². The first-order chi connectivity index (χ1) is 17.4. The Kier molecular flexibility index (Phi) is 5.93. The van der Waals surface area contributed by atoms with Crippen LogP contribution in [0.25, 0.3) is 0 Å². The molecule has 2 aromatic carbocycles. The monoisotopic (exact) mass is 505 g/mol. The minimum absolute atomic E-state index is 0.0484. The van der Waals surface area contributed by atoms with Crippen molar-refractivity contribution in [1.29, 1.82) is 0 Å². The molecule has 0 saturated heterocycles. The summed E-state index contributed by atoms with van der Waals surface area (Å²) in [7, 11) is 2.13. The van der Waals surface area contributed by atoms with Crippen molar-refractivity contribution in [2.24, 2.45) is 0 Å². The number of ether oxygens (including phenoxy) is 1. The molecule has 36 heavy (non-hydrogen) atoms. The molecule has 0 spiro atoms. The number of anilines is 4. The van der Waals surface area contributed by atoms with Gasteiger partial charge in [-0.3, -0.25) is 4.79 Å². The number of rotatable bonds is 7. The zero-order chi connectivity index (χ0) is 24.8. The second kappa shape index (κ2) is 9.26. The Hall–Kier alpha value is -3.36. The fourth-order valence-corrected chi connectivity index (χ4v) is 5.29. The Bertz CT molecular complexity index is 1330. The molecule has 2 aliphatic heterocycles. The summed E-state index contributed by atoms with van der Waals surface area (Å²) in [4.78, 5) is 25.0. The van der Waals surface area contributed by atoms with E-state index in [1.807, 2.05) is 29.2 Å². The van der Waals surface area contributed by atoms with E-state index in [-0.39, 0.29) is 18.4 Å². The number of fused-ring (bicyclic) bond motifs is 2. The highest BCUT2D eigenvalue weighted by atomic mass is 35.5. The van der Waals surface area contributed by atoms with Gasteiger partial charge in [0.15, 0.2) is 5.82 Å². The first-order valence-electron chi connectivity index (χ1n) is 12.3. The summed E-state index contributed by atoms with van der Waals surface area (Å²) < 4.78 is 6.25. The Morgan fingerprint density at radius 3 is 2.89 bits per heavy atom. The molecule has 0 bridgehead atoms. The number of para-hydroxylation sites is 1. The average Bonchev–Trinajstić information content (AvgIpc) is 3.61. The summed E-state index contributed by atoms with van der Waals surface area (Å²) in [5.74, 6) is 0.829. The number of aliphatic carboxylic acids is 1. The molecule has 3 heterocycles. The van der Waals surface area contributed by atoms with Crippen molar-refractivity contribution < 1.29 is 14.6 Å². The predicted molar refractivity (Wildman–Crippen MR) is 139 cm³/mol. The highest BCUT2D eigenvalue weighted by Gasteiger charge is 2.33. The van der Waals surface area contributed by atoms with Gasteiger partial charge in [0.25, 0.3) is 0 Å². The van der Waals surface area contributed by atoms with Gasteiger partial charge in [-0.1, -0.05) is 29.8 Å². The number of hydrogen-bond acceptors (Lipinski definition) is 7. The van der Waals surface area contributed by atoms with E-state index in [2.05, 4.69) is 34.4 Å². The van der Waals surface area contributed by atoms with Crippen molar-refractivity contribution in [2.75, 3.05) is 30.4 Å². The SMILES string of the molecule is CN1CCc2cc(OC3CC3)c(Nc3ncc(Cl)c(N4CC(CC(=O)O)c5ccccc54)n3)cc2C1. The third kappa shape index (κ3) is 4.58. The Morgan fingerprint density at radius 2 is 2.08 bits per heavy atom. The molecule has 6 rings (SSSR count). The van der Waals surface area contributed by atoms with Gasteiger partial charge in [-0.05, 0) is 61.2 Å². The number of carboxylic acid groups (broad SMARTS) is 1. The molecule has 0 amide bonds. The molecule has 1 atom stereocenters. The minimum atomic E-state index is -0.825. The molecule has 186 valence electrons. The lowest BCUT2D eigenvalue weighted by molar-refractivity contribution is -0.137. The van der Waals surface area contributed by atoms with Crippen LogP contribution in [0, 0.1) is 0 Å². The predicted octanol–water partition coefficient (Wildman–Crippen LogP) is 5.11. The first kappa shape index (κ1) is 23.1.